The lowest BCUT2D eigenvalue weighted by Gasteiger charge is -2.43. The number of hydrogen-bond acceptors (Lipinski definition) is 3. The second-order valence-corrected chi connectivity index (χ2v) is 4.69. The molecule has 13 heavy (non-hydrogen) atoms. The van der Waals surface area contributed by atoms with Gasteiger partial charge in [-0.05, 0) is 27.7 Å². The Morgan fingerprint density at radius 1 is 1.46 bits per heavy atom. The minimum atomic E-state index is 0.0637. The molecule has 0 bridgehead atoms. The Bertz CT molecular complexity index is 196. The summed E-state index contributed by atoms with van der Waals surface area (Å²) < 4.78 is 0. The highest BCUT2D eigenvalue weighted by Crippen LogP contribution is 2.18. The Kier molecular flexibility index (Phi) is 3.09. The Labute approximate surface area is 80.5 Å². The van der Waals surface area contributed by atoms with Gasteiger partial charge in [-0.1, -0.05) is 0 Å². The summed E-state index contributed by atoms with van der Waals surface area (Å²) in [6.07, 6.45) is 0. The van der Waals surface area contributed by atoms with Gasteiger partial charge in [-0.15, -0.1) is 0 Å². The molecule has 1 fully saturated rings. The van der Waals surface area contributed by atoms with Crippen LogP contribution in [-0.2, 0) is 4.79 Å². The summed E-state index contributed by atoms with van der Waals surface area (Å²) in [5, 5.41) is 3.26. The zero-order chi connectivity index (χ0) is 10.1. The number of nitrogens with one attached hydrogen (secondary N) is 1. The summed E-state index contributed by atoms with van der Waals surface area (Å²) in [7, 11) is 0. The largest absolute Gasteiger partial charge is 0.313 e. The number of carbonyl (C=O) groups is 1. The second-order valence-electron chi connectivity index (χ2n) is 4.69. The van der Waals surface area contributed by atoms with Gasteiger partial charge in [-0.25, -0.2) is 0 Å². The number of nitrogens with zero attached hydrogens (tertiary/aromatic N) is 1. The Hall–Kier alpha value is -0.410. The third kappa shape index (κ3) is 2.51. The fourth-order valence-electron chi connectivity index (χ4n) is 1.87. The highest BCUT2D eigenvalue weighted by molar-refractivity contribution is 5.81. The second kappa shape index (κ2) is 3.76. The first-order chi connectivity index (χ1) is 5.93. The molecule has 1 aliphatic rings. The molecule has 1 unspecified atom stereocenters. The van der Waals surface area contributed by atoms with E-state index in [-0.39, 0.29) is 17.4 Å². The van der Waals surface area contributed by atoms with Crippen molar-refractivity contribution in [1.82, 2.24) is 10.2 Å². The molecule has 76 valence electrons. The van der Waals surface area contributed by atoms with Gasteiger partial charge in [0, 0.05) is 25.2 Å². The molecule has 1 atom stereocenters. The first-order valence-electron chi connectivity index (χ1n) is 4.91. The van der Waals surface area contributed by atoms with Gasteiger partial charge in [-0.2, -0.15) is 0 Å². The molecule has 0 aliphatic carbocycles. The Morgan fingerprint density at radius 2 is 2.08 bits per heavy atom. The van der Waals surface area contributed by atoms with E-state index in [1.165, 1.54) is 0 Å². The van der Waals surface area contributed by atoms with Gasteiger partial charge in [0.1, 0.15) is 5.78 Å². The monoisotopic (exact) mass is 184 g/mol. The van der Waals surface area contributed by atoms with Crippen molar-refractivity contribution in [2.75, 3.05) is 19.6 Å². The molecule has 0 aromatic carbocycles. The van der Waals surface area contributed by atoms with Crippen molar-refractivity contribution >= 4 is 5.78 Å². The van der Waals surface area contributed by atoms with Crippen LogP contribution in [0, 0.1) is 0 Å². The lowest BCUT2D eigenvalue weighted by molar-refractivity contribution is -0.125. The maximum atomic E-state index is 11.4. The average Bonchev–Trinajstić information content (AvgIpc) is 2.03. The lowest BCUT2D eigenvalue weighted by Crippen LogP contribution is -2.60. The zero-order valence-electron chi connectivity index (χ0n) is 9.05. The van der Waals surface area contributed by atoms with Crippen molar-refractivity contribution in [3.8, 4) is 0 Å². The van der Waals surface area contributed by atoms with Crippen LogP contribution in [0.15, 0.2) is 0 Å². The van der Waals surface area contributed by atoms with Crippen molar-refractivity contribution < 1.29 is 4.79 Å². The van der Waals surface area contributed by atoms with Crippen LogP contribution >= 0.6 is 0 Å². The van der Waals surface area contributed by atoms with E-state index in [1.54, 1.807) is 6.92 Å². The maximum Gasteiger partial charge on any atom is 0.148 e. The molecule has 0 spiro atoms. The highest BCUT2D eigenvalue weighted by atomic mass is 16.1. The third-order valence-corrected chi connectivity index (χ3v) is 2.57. The fraction of sp³-hybridized carbons (Fsp3) is 0.900. The van der Waals surface area contributed by atoms with E-state index < -0.39 is 0 Å². The molecule has 1 N–H and O–H groups in total. The summed E-state index contributed by atoms with van der Waals surface area (Å²) in [5.74, 6) is 0.266. The highest BCUT2D eigenvalue weighted by Gasteiger charge is 2.33. The van der Waals surface area contributed by atoms with Gasteiger partial charge in [0.05, 0.1) is 6.04 Å². The molecule has 1 aliphatic heterocycles. The van der Waals surface area contributed by atoms with Crippen LogP contribution in [0.25, 0.3) is 0 Å². The van der Waals surface area contributed by atoms with Crippen LogP contribution in [0.3, 0.4) is 0 Å². The van der Waals surface area contributed by atoms with E-state index >= 15 is 0 Å². The number of ketones is 1. The van der Waals surface area contributed by atoms with Crippen LogP contribution in [0.4, 0.5) is 0 Å². The van der Waals surface area contributed by atoms with E-state index in [0.717, 1.165) is 19.6 Å². The number of hydrogen-bond donors (Lipinski definition) is 1. The van der Waals surface area contributed by atoms with Gasteiger partial charge in [0.25, 0.3) is 0 Å². The smallest absolute Gasteiger partial charge is 0.148 e. The van der Waals surface area contributed by atoms with Crippen LogP contribution < -0.4 is 5.32 Å². The van der Waals surface area contributed by atoms with Gasteiger partial charge in [-0.3, -0.25) is 9.69 Å². The van der Waals surface area contributed by atoms with E-state index in [9.17, 15) is 4.79 Å². The molecule has 0 aromatic rings. The first kappa shape index (κ1) is 10.7. The predicted molar refractivity (Wildman–Crippen MR) is 53.8 cm³/mol. The molecule has 0 radical (unpaired) electrons. The lowest BCUT2D eigenvalue weighted by atomic mass is 9.99. The molecule has 3 nitrogen and oxygen atoms in total. The molecule has 1 rings (SSSR count). The van der Waals surface area contributed by atoms with Crippen molar-refractivity contribution in [3.63, 3.8) is 0 Å². The molecule has 0 amide bonds. The quantitative estimate of drug-likeness (QED) is 0.649. The summed E-state index contributed by atoms with van der Waals surface area (Å²) in [6.45, 7) is 10.9. The topological polar surface area (TPSA) is 32.3 Å². The van der Waals surface area contributed by atoms with Crippen LogP contribution in [0.5, 0.6) is 0 Å². The van der Waals surface area contributed by atoms with E-state index in [1.807, 2.05) is 0 Å². The Balaban J connectivity index is 2.73. The van der Waals surface area contributed by atoms with Crippen LogP contribution in [-0.4, -0.2) is 41.9 Å². The van der Waals surface area contributed by atoms with E-state index in [4.69, 9.17) is 0 Å². The normalized spacial score (nSPS) is 26.0. The molecular formula is C10H20N2O. The fourth-order valence-corrected chi connectivity index (χ4v) is 1.87. The minimum absolute atomic E-state index is 0.0637. The number of rotatable bonds is 1. The SMILES string of the molecule is CC(=O)C1CNCCN1C(C)(C)C. The van der Waals surface area contributed by atoms with Gasteiger partial charge in [0.15, 0.2) is 0 Å². The summed E-state index contributed by atoms with van der Waals surface area (Å²) >= 11 is 0. The summed E-state index contributed by atoms with van der Waals surface area (Å²) in [6, 6.07) is 0.0637. The average molecular weight is 184 g/mol. The summed E-state index contributed by atoms with van der Waals surface area (Å²) in [4.78, 5) is 13.7. The van der Waals surface area contributed by atoms with Crippen molar-refractivity contribution in [1.29, 1.82) is 0 Å². The van der Waals surface area contributed by atoms with E-state index in [2.05, 4.69) is 31.0 Å². The zero-order valence-corrected chi connectivity index (χ0v) is 9.05. The van der Waals surface area contributed by atoms with Crippen molar-refractivity contribution in [3.05, 3.63) is 0 Å². The number of Topliss-reactive ketones (excluding diaryl/α,β-unsaturated/α-hetero) is 1. The molecule has 3 heteroatoms. The third-order valence-electron chi connectivity index (χ3n) is 2.57. The minimum Gasteiger partial charge on any atom is -0.313 e. The van der Waals surface area contributed by atoms with Crippen LogP contribution in [0.2, 0.25) is 0 Å². The molecular weight excluding hydrogens is 164 g/mol. The molecule has 1 saturated heterocycles. The molecule has 0 aromatic heterocycles. The molecule has 1 heterocycles. The predicted octanol–water partition coefficient (Wildman–Crippen LogP) is 0.648. The van der Waals surface area contributed by atoms with Gasteiger partial charge < -0.3 is 5.32 Å². The maximum absolute atomic E-state index is 11.4. The summed E-state index contributed by atoms with van der Waals surface area (Å²) in [5.41, 5.74) is 0.0957. The van der Waals surface area contributed by atoms with Gasteiger partial charge in [0.2, 0.25) is 0 Å². The van der Waals surface area contributed by atoms with Crippen molar-refractivity contribution in [2.45, 2.75) is 39.3 Å². The van der Waals surface area contributed by atoms with E-state index in [0.29, 0.717) is 0 Å². The Morgan fingerprint density at radius 3 is 2.46 bits per heavy atom. The standard InChI is InChI=1S/C10H20N2O/c1-8(13)9-7-11-5-6-12(9)10(2,3)4/h9,11H,5-7H2,1-4H3. The van der Waals surface area contributed by atoms with Gasteiger partial charge >= 0.3 is 0 Å². The first-order valence-corrected chi connectivity index (χ1v) is 4.91. The molecule has 0 saturated carbocycles. The van der Waals surface area contributed by atoms with Crippen LogP contribution in [0.1, 0.15) is 27.7 Å². The number of piperazine rings is 1. The number of carbonyl (C=O) groups excluding carboxylic acids is 1. The van der Waals surface area contributed by atoms with Crippen molar-refractivity contribution in [2.24, 2.45) is 0 Å².